The van der Waals surface area contributed by atoms with E-state index in [0.717, 1.165) is 4.88 Å². The van der Waals surface area contributed by atoms with Crippen molar-refractivity contribution >= 4 is 39.1 Å². The summed E-state index contributed by atoms with van der Waals surface area (Å²) in [4.78, 5) is 13.1. The van der Waals surface area contributed by atoms with Gasteiger partial charge in [0.1, 0.15) is 10.4 Å². The van der Waals surface area contributed by atoms with Crippen molar-refractivity contribution in [3.63, 3.8) is 0 Å². The predicted octanol–water partition coefficient (Wildman–Crippen LogP) is 4.99. The molecule has 6 heteroatoms. The van der Waals surface area contributed by atoms with E-state index in [0.29, 0.717) is 21.8 Å². The molecule has 0 N–H and O–H groups in total. The standard InChI is InChI=1S/C17H11BrN2O2S/c18-16-9-10-17(20-19-16)22-13-5-3-12(4-6-13)15(21)8-7-14-2-1-11-23-14/h1-11H. The third-order valence-corrected chi connectivity index (χ3v) is 4.17. The van der Waals surface area contributed by atoms with Gasteiger partial charge in [-0.25, -0.2) is 0 Å². The molecule has 0 aliphatic heterocycles. The monoisotopic (exact) mass is 386 g/mol. The number of halogens is 1. The number of benzene rings is 1. The molecular formula is C17H11BrN2O2S. The van der Waals surface area contributed by atoms with Crippen LogP contribution in [0, 0.1) is 0 Å². The van der Waals surface area contributed by atoms with Gasteiger partial charge in [-0.05, 0) is 69.9 Å². The van der Waals surface area contributed by atoms with E-state index in [2.05, 4.69) is 26.1 Å². The average Bonchev–Trinajstić information content (AvgIpc) is 3.09. The number of carbonyl (C=O) groups is 1. The molecule has 0 amide bonds. The molecular weight excluding hydrogens is 376 g/mol. The van der Waals surface area contributed by atoms with Crippen LogP contribution in [0.1, 0.15) is 15.2 Å². The topological polar surface area (TPSA) is 52.1 Å². The first-order valence-electron chi connectivity index (χ1n) is 6.74. The number of rotatable bonds is 5. The molecule has 0 atom stereocenters. The van der Waals surface area contributed by atoms with Gasteiger partial charge in [-0.2, -0.15) is 0 Å². The summed E-state index contributed by atoms with van der Waals surface area (Å²) in [6.07, 6.45) is 3.39. The van der Waals surface area contributed by atoms with Gasteiger partial charge in [0.2, 0.25) is 5.88 Å². The largest absolute Gasteiger partial charge is 0.438 e. The Balaban J connectivity index is 1.66. The Bertz CT molecular complexity index is 813. The Morgan fingerprint density at radius 2 is 1.91 bits per heavy atom. The minimum Gasteiger partial charge on any atom is -0.438 e. The van der Waals surface area contributed by atoms with Crippen LogP contribution >= 0.6 is 27.3 Å². The first-order chi connectivity index (χ1) is 11.2. The SMILES string of the molecule is O=C(C=Cc1cccs1)c1ccc(Oc2ccc(Br)nn2)cc1. The Morgan fingerprint density at radius 3 is 2.57 bits per heavy atom. The number of carbonyl (C=O) groups excluding carboxylic acids is 1. The van der Waals surface area contributed by atoms with Crippen LogP contribution < -0.4 is 4.74 Å². The first-order valence-corrected chi connectivity index (χ1v) is 8.41. The zero-order valence-electron chi connectivity index (χ0n) is 11.8. The van der Waals surface area contributed by atoms with Crippen molar-refractivity contribution in [1.29, 1.82) is 0 Å². The third kappa shape index (κ3) is 4.34. The second-order valence-corrected chi connectivity index (χ2v) is 6.33. The molecule has 0 spiro atoms. The molecule has 0 unspecified atom stereocenters. The first kappa shape index (κ1) is 15.6. The van der Waals surface area contributed by atoms with Gasteiger partial charge in [-0.15, -0.1) is 21.5 Å². The summed E-state index contributed by atoms with van der Waals surface area (Å²) in [6, 6.07) is 14.3. The molecule has 0 aliphatic carbocycles. The van der Waals surface area contributed by atoms with E-state index in [-0.39, 0.29) is 5.78 Å². The van der Waals surface area contributed by atoms with Crippen molar-refractivity contribution in [2.24, 2.45) is 0 Å². The fourth-order valence-electron chi connectivity index (χ4n) is 1.81. The highest BCUT2D eigenvalue weighted by Gasteiger charge is 2.04. The number of hydrogen-bond acceptors (Lipinski definition) is 5. The van der Waals surface area contributed by atoms with E-state index in [4.69, 9.17) is 4.74 Å². The average molecular weight is 387 g/mol. The minimum atomic E-state index is -0.0478. The molecule has 0 bridgehead atoms. The maximum absolute atomic E-state index is 12.1. The van der Waals surface area contributed by atoms with Gasteiger partial charge < -0.3 is 4.74 Å². The summed E-state index contributed by atoms with van der Waals surface area (Å²) in [5.74, 6) is 0.943. The van der Waals surface area contributed by atoms with Crippen molar-refractivity contribution in [3.05, 3.63) is 75.0 Å². The van der Waals surface area contributed by atoms with Crippen LogP contribution in [0.2, 0.25) is 0 Å². The van der Waals surface area contributed by atoms with Crippen molar-refractivity contribution in [2.75, 3.05) is 0 Å². The summed E-state index contributed by atoms with van der Waals surface area (Å²) in [6.45, 7) is 0. The lowest BCUT2D eigenvalue weighted by molar-refractivity contribution is 0.104. The molecule has 0 fully saturated rings. The fraction of sp³-hybridized carbons (Fsp3) is 0. The van der Waals surface area contributed by atoms with E-state index in [1.807, 2.05) is 23.6 Å². The number of ether oxygens (including phenoxy) is 1. The molecule has 3 aromatic rings. The van der Waals surface area contributed by atoms with Gasteiger partial charge in [0, 0.05) is 16.5 Å². The summed E-state index contributed by atoms with van der Waals surface area (Å²) in [7, 11) is 0. The van der Waals surface area contributed by atoms with E-state index in [1.54, 1.807) is 53.8 Å². The Kier molecular flexibility index (Phi) is 4.95. The Labute approximate surface area is 145 Å². The van der Waals surface area contributed by atoms with Gasteiger partial charge in [0.15, 0.2) is 5.78 Å². The summed E-state index contributed by atoms with van der Waals surface area (Å²) in [5, 5.41) is 9.72. The molecule has 3 rings (SSSR count). The van der Waals surface area contributed by atoms with E-state index < -0.39 is 0 Å². The van der Waals surface area contributed by atoms with Crippen LogP contribution in [0.4, 0.5) is 0 Å². The van der Waals surface area contributed by atoms with Gasteiger partial charge >= 0.3 is 0 Å². The lowest BCUT2D eigenvalue weighted by Crippen LogP contribution is -1.94. The third-order valence-electron chi connectivity index (χ3n) is 2.91. The van der Waals surface area contributed by atoms with Gasteiger partial charge in [-0.3, -0.25) is 4.79 Å². The lowest BCUT2D eigenvalue weighted by atomic mass is 10.1. The molecule has 4 nitrogen and oxygen atoms in total. The molecule has 0 saturated carbocycles. The van der Waals surface area contributed by atoms with Crippen molar-refractivity contribution < 1.29 is 9.53 Å². The van der Waals surface area contributed by atoms with Crippen LogP contribution in [-0.2, 0) is 0 Å². The highest BCUT2D eigenvalue weighted by Crippen LogP contribution is 2.20. The quantitative estimate of drug-likeness (QED) is 0.457. The smallest absolute Gasteiger partial charge is 0.238 e. The van der Waals surface area contributed by atoms with Gasteiger partial charge in [0.25, 0.3) is 0 Å². The molecule has 23 heavy (non-hydrogen) atoms. The van der Waals surface area contributed by atoms with E-state index in [9.17, 15) is 4.79 Å². The molecule has 2 aromatic heterocycles. The Hall–Kier alpha value is -2.31. The summed E-state index contributed by atoms with van der Waals surface area (Å²) >= 11 is 4.80. The normalized spacial score (nSPS) is 10.8. The number of aromatic nitrogens is 2. The molecule has 0 radical (unpaired) electrons. The van der Waals surface area contributed by atoms with Crippen LogP contribution in [0.3, 0.4) is 0 Å². The summed E-state index contributed by atoms with van der Waals surface area (Å²) < 4.78 is 6.21. The summed E-state index contributed by atoms with van der Waals surface area (Å²) in [5.41, 5.74) is 0.604. The maximum atomic E-state index is 12.1. The maximum Gasteiger partial charge on any atom is 0.238 e. The van der Waals surface area contributed by atoms with Gasteiger partial charge in [-0.1, -0.05) is 6.07 Å². The van der Waals surface area contributed by atoms with E-state index >= 15 is 0 Å². The highest BCUT2D eigenvalue weighted by atomic mass is 79.9. The van der Waals surface area contributed by atoms with Crippen LogP contribution in [0.15, 0.2) is 64.6 Å². The van der Waals surface area contributed by atoms with Crippen molar-refractivity contribution in [3.8, 4) is 11.6 Å². The number of hydrogen-bond donors (Lipinski definition) is 0. The highest BCUT2D eigenvalue weighted by molar-refractivity contribution is 9.10. The van der Waals surface area contributed by atoms with Crippen LogP contribution in [-0.4, -0.2) is 16.0 Å². The van der Waals surface area contributed by atoms with Crippen molar-refractivity contribution in [2.45, 2.75) is 0 Å². The van der Waals surface area contributed by atoms with Crippen molar-refractivity contribution in [1.82, 2.24) is 10.2 Å². The van der Waals surface area contributed by atoms with Crippen LogP contribution in [0.5, 0.6) is 11.6 Å². The number of allylic oxidation sites excluding steroid dienone is 1. The number of nitrogens with zero attached hydrogens (tertiary/aromatic N) is 2. The second-order valence-electron chi connectivity index (χ2n) is 4.53. The molecule has 1 aromatic carbocycles. The number of ketones is 1. The van der Waals surface area contributed by atoms with Gasteiger partial charge in [0.05, 0.1) is 0 Å². The molecule has 2 heterocycles. The molecule has 114 valence electrons. The molecule has 0 saturated heterocycles. The van der Waals surface area contributed by atoms with Crippen LogP contribution in [0.25, 0.3) is 6.08 Å². The zero-order chi connectivity index (χ0) is 16.1. The fourth-order valence-corrected chi connectivity index (χ4v) is 2.64. The zero-order valence-corrected chi connectivity index (χ0v) is 14.3. The minimum absolute atomic E-state index is 0.0478. The van der Waals surface area contributed by atoms with E-state index in [1.165, 1.54) is 0 Å². The number of thiophene rings is 1. The predicted molar refractivity (Wildman–Crippen MR) is 93.9 cm³/mol. The Morgan fingerprint density at radius 1 is 1.09 bits per heavy atom. The second kappa shape index (κ2) is 7.30. The molecule has 0 aliphatic rings. The lowest BCUT2D eigenvalue weighted by Gasteiger charge is -2.04.